The van der Waals surface area contributed by atoms with Gasteiger partial charge in [0.1, 0.15) is 0 Å². The molecule has 4 rings (SSSR count). The van der Waals surface area contributed by atoms with Crippen LogP contribution < -0.4 is 5.32 Å². The largest absolute Gasteiger partial charge is 0.310 e. The molecule has 6 heteroatoms. The third kappa shape index (κ3) is 3.34. The molecule has 0 amide bonds. The van der Waals surface area contributed by atoms with Gasteiger partial charge in [-0.25, -0.2) is 9.67 Å². The lowest BCUT2D eigenvalue weighted by molar-refractivity contribution is 0.250. The summed E-state index contributed by atoms with van der Waals surface area (Å²) in [6, 6.07) is 7.38. The fraction of sp³-hybridized carbons (Fsp3) is 0.556. The van der Waals surface area contributed by atoms with Crippen molar-refractivity contribution in [2.45, 2.75) is 51.7 Å². The fourth-order valence-corrected chi connectivity index (χ4v) is 3.99. The van der Waals surface area contributed by atoms with E-state index in [1.807, 2.05) is 29.1 Å². The molecule has 0 aliphatic carbocycles. The number of rotatable bonds is 3. The van der Waals surface area contributed by atoms with Crippen LogP contribution in [0.2, 0.25) is 0 Å². The Bertz CT molecular complexity index is 684. The Morgan fingerprint density at radius 2 is 2.00 bits per heavy atom. The fourth-order valence-electron chi connectivity index (χ4n) is 3.99. The summed E-state index contributed by atoms with van der Waals surface area (Å²) < 4.78 is 1.98. The summed E-state index contributed by atoms with van der Waals surface area (Å²) in [6.45, 7) is 7.61. The number of hydrogen-bond donors (Lipinski definition) is 1. The molecular weight excluding hydrogens is 322 g/mol. The maximum atomic E-state index is 4.73. The second-order valence-electron chi connectivity index (χ2n) is 6.91. The normalized spacial score (nSPS) is 23.8. The van der Waals surface area contributed by atoms with E-state index in [4.69, 9.17) is 5.10 Å². The van der Waals surface area contributed by atoms with E-state index < -0.39 is 0 Å². The SMILES string of the molecule is Cc1nn(-c2ccccn2)c(C)c1CN1CCC2CCC(C1)N2.Cl. The topological polar surface area (TPSA) is 46.0 Å². The van der Waals surface area contributed by atoms with Gasteiger partial charge in [0, 0.05) is 49.2 Å². The van der Waals surface area contributed by atoms with Crippen LogP contribution in [-0.2, 0) is 6.54 Å². The van der Waals surface area contributed by atoms with Gasteiger partial charge in [0.15, 0.2) is 5.82 Å². The third-order valence-corrected chi connectivity index (χ3v) is 5.30. The van der Waals surface area contributed by atoms with Crippen molar-refractivity contribution < 1.29 is 0 Å². The van der Waals surface area contributed by atoms with Gasteiger partial charge in [-0.05, 0) is 45.2 Å². The highest BCUT2D eigenvalue weighted by atomic mass is 35.5. The Labute approximate surface area is 149 Å². The Balaban J connectivity index is 0.00000169. The Hall–Kier alpha value is -1.43. The van der Waals surface area contributed by atoms with Crippen molar-refractivity contribution in [3.05, 3.63) is 41.3 Å². The van der Waals surface area contributed by atoms with Crippen LogP contribution in [0.1, 0.15) is 36.2 Å². The van der Waals surface area contributed by atoms with Crippen molar-refractivity contribution in [3.63, 3.8) is 0 Å². The quantitative estimate of drug-likeness (QED) is 0.927. The lowest BCUT2D eigenvalue weighted by atomic mass is 10.1. The van der Waals surface area contributed by atoms with Gasteiger partial charge in [0.05, 0.1) is 5.69 Å². The lowest BCUT2D eigenvalue weighted by Crippen LogP contribution is -2.35. The molecule has 2 aliphatic heterocycles. The molecule has 2 atom stereocenters. The molecule has 0 saturated carbocycles. The van der Waals surface area contributed by atoms with Crippen LogP contribution in [0.4, 0.5) is 0 Å². The van der Waals surface area contributed by atoms with E-state index >= 15 is 0 Å². The van der Waals surface area contributed by atoms with Crippen molar-refractivity contribution in [1.29, 1.82) is 0 Å². The molecule has 0 aromatic carbocycles. The third-order valence-electron chi connectivity index (χ3n) is 5.30. The minimum absolute atomic E-state index is 0. The van der Waals surface area contributed by atoms with Gasteiger partial charge in [0.25, 0.3) is 0 Å². The van der Waals surface area contributed by atoms with Gasteiger partial charge >= 0.3 is 0 Å². The molecule has 2 saturated heterocycles. The van der Waals surface area contributed by atoms with Crippen LogP contribution >= 0.6 is 12.4 Å². The minimum Gasteiger partial charge on any atom is -0.310 e. The van der Waals surface area contributed by atoms with E-state index in [9.17, 15) is 0 Å². The molecule has 2 unspecified atom stereocenters. The van der Waals surface area contributed by atoms with Gasteiger partial charge < -0.3 is 5.32 Å². The Morgan fingerprint density at radius 3 is 2.79 bits per heavy atom. The van der Waals surface area contributed by atoms with Gasteiger partial charge in [-0.15, -0.1) is 12.4 Å². The van der Waals surface area contributed by atoms with Gasteiger partial charge in [-0.1, -0.05) is 6.07 Å². The molecule has 2 aliphatic rings. The van der Waals surface area contributed by atoms with Gasteiger partial charge in [0.2, 0.25) is 0 Å². The van der Waals surface area contributed by atoms with Crippen LogP contribution in [-0.4, -0.2) is 44.8 Å². The first kappa shape index (κ1) is 17.4. The lowest BCUT2D eigenvalue weighted by Gasteiger charge is -2.24. The monoisotopic (exact) mass is 347 g/mol. The van der Waals surface area contributed by atoms with Crippen LogP contribution in [0, 0.1) is 13.8 Å². The van der Waals surface area contributed by atoms with E-state index in [1.165, 1.54) is 37.1 Å². The number of halogens is 1. The number of aryl methyl sites for hydroxylation is 1. The number of aromatic nitrogens is 3. The van der Waals surface area contributed by atoms with Crippen LogP contribution in [0.15, 0.2) is 24.4 Å². The zero-order valence-electron chi connectivity index (χ0n) is 14.4. The molecule has 2 aromatic heterocycles. The maximum Gasteiger partial charge on any atom is 0.153 e. The molecule has 0 radical (unpaired) electrons. The highest BCUT2D eigenvalue weighted by Gasteiger charge is 2.29. The summed E-state index contributed by atoms with van der Waals surface area (Å²) in [5, 5.41) is 8.49. The first-order valence-electron chi connectivity index (χ1n) is 8.65. The van der Waals surface area contributed by atoms with E-state index in [0.29, 0.717) is 6.04 Å². The first-order valence-corrected chi connectivity index (χ1v) is 8.65. The number of nitrogens with zero attached hydrogens (tertiary/aromatic N) is 4. The van der Waals surface area contributed by atoms with Crippen molar-refractivity contribution in [2.24, 2.45) is 0 Å². The summed E-state index contributed by atoms with van der Waals surface area (Å²) >= 11 is 0. The number of fused-ring (bicyclic) bond motifs is 2. The number of hydrogen-bond acceptors (Lipinski definition) is 4. The standard InChI is InChI=1S/C18H25N5.ClH/c1-13-17(12-22-10-8-15-6-7-16(11-22)20-15)14(2)23(21-13)18-5-3-4-9-19-18;/h3-5,9,15-16,20H,6-8,10-12H2,1-2H3;1H. The minimum atomic E-state index is 0. The predicted octanol–water partition coefficient (Wildman–Crippen LogP) is 2.63. The Kier molecular flexibility index (Phi) is 5.23. The molecule has 0 spiro atoms. The second kappa shape index (κ2) is 7.21. The highest BCUT2D eigenvalue weighted by molar-refractivity contribution is 5.85. The molecule has 2 bridgehead atoms. The summed E-state index contributed by atoms with van der Waals surface area (Å²) in [4.78, 5) is 7.03. The van der Waals surface area contributed by atoms with E-state index in [1.54, 1.807) is 0 Å². The smallest absolute Gasteiger partial charge is 0.153 e. The zero-order valence-corrected chi connectivity index (χ0v) is 15.2. The number of nitrogens with one attached hydrogen (secondary N) is 1. The molecule has 24 heavy (non-hydrogen) atoms. The number of likely N-dealkylation sites (tertiary alicyclic amines) is 1. The Morgan fingerprint density at radius 1 is 1.17 bits per heavy atom. The van der Waals surface area contributed by atoms with E-state index in [2.05, 4.69) is 29.0 Å². The number of pyridine rings is 1. The molecule has 2 aromatic rings. The van der Waals surface area contributed by atoms with Crippen LogP contribution in [0.3, 0.4) is 0 Å². The first-order chi connectivity index (χ1) is 11.2. The molecule has 130 valence electrons. The average Bonchev–Trinajstić information content (AvgIpc) is 3.04. The highest BCUT2D eigenvalue weighted by Crippen LogP contribution is 2.24. The zero-order chi connectivity index (χ0) is 15.8. The van der Waals surface area contributed by atoms with Crippen molar-refractivity contribution in [1.82, 2.24) is 25.0 Å². The summed E-state index contributed by atoms with van der Waals surface area (Å²) in [6.07, 6.45) is 5.77. The maximum absolute atomic E-state index is 4.73. The molecule has 5 nitrogen and oxygen atoms in total. The van der Waals surface area contributed by atoms with Crippen molar-refractivity contribution in [3.8, 4) is 5.82 Å². The molecule has 1 N–H and O–H groups in total. The second-order valence-corrected chi connectivity index (χ2v) is 6.91. The van der Waals surface area contributed by atoms with E-state index in [-0.39, 0.29) is 12.4 Å². The molecule has 2 fully saturated rings. The summed E-state index contributed by atoms with van der Waals surface area (Å²) in [5.74, 6) is 0.899. The van der Waals surface area contributed by atoms with Crippen LogP contribution in [0.25, 0.3) is 5.82 Å². The van der Waals surface area contributed by atoms with Gasteiger partial charge in [-0.3, -0.25) is 4.90 Å². The van der Waals surface area contributed by atoms with Gasteiger partial charge in [-0.2, -0.15) is 5.10 Å². The van der Waals surface area contributed by atoms with Crippen molar-refractivity contribution in [2.75, 3.05) is 13.1 Å². The summed E-state index contributed by atoms with van der Waals surface area (Å²) in [7, 11) is 0. The van der Waals surface area contributed by atoms with E-state index in [0.717, 1.165) is 30.6 Å². The summed E-state index contributed by atoms with van der Waals surface area (Å²) in [5.41, 5.74) is 3.69. The van der Waals surface area contributed by atoms with Crippen molar-refractivity contribution >= 4 is 12.4 Å². The van der Waals surface area contributed by atoms with Crippen LogP contribution in [0.5, 0.6) is 0 Å². The predicted molar refractivity (Wildman–Crippen MR) is 97.9 cm³/mol. The molecular formula is C18H26ClN5. The average molecular weight is 348 g/mol. The molecule has 4 heterocycles.